The molecule has 0 aliphatic heterocycles. The van der Waals surface area contributed by atoms with E-state index >= 15 is 0 Å². The molecular weight excluding hydrogens is 450 g/mol. The number of anilines is 1. The van der Waals surface area contributed by atoms with Gasteiger partial charge >= 0.3 is 0 Å². The van der Waals surface area contributed by atoms with E-state index in [0.29, 0.717) is 21.9 Å². The van der Waals surface area contributed by atoms with Gasteiger partial charge in [0.1, 0.15) is 4.70 Å². The van der Waals surface area contributed by atoms with Crippen LogP contribution in [0.1, 0.15) is 30.5 Å². The summed E-state index contributed by atoms with van der Waals surface area (Å²) in [6.45, 7) is 8.69. The van der Waals surface area contributed by atoms with E-state index in [4.69, 9.17) is 4.98 Å². The van der Waals surface area contributed by atoms with Crippen LogP contribution >= 0.6 is 23.1 Å². The Morgan fingerprint density at radius 2 is 1.85 bits per heavy atom. The third-order valence-electron chi connectivity index (χ3n) is 5.86. The topological polar surface area (TPSA) is 55.2 Å². The maximum absolute atomic E-state index is 13.4. The lowest BCUT2D eigenvalue weighted by molar-refractivity contribution is -0.116. The number of benzene rings is 2. The number of aromatic nitrogens is 2. The molecule has 4 aromatic rings. The molecule has 0 atom stereocenters. The van der Waals surface area contributed by atoms with Gasteiger partial charge < -0.3 is 4.90 Å². The second-order valence-corrected chi connectivity index (χ2v) is 9.69. The van der Waals surface area contributed by atoms with Crippen LogP contribution in [0.3, 0.4) is 0 Å². The Balaban J connectivity index is 1.68. The molecule has 2 heterocycles. The van der Waals surface area contributed by atoms with Crippen molar-refractivity contribution in [2.24, 2.45) is 0 Å². The number of carbonyl (C=O) groups is 1. The molecular formula is C26H27N3O2S2. The summed E-state index contributed by atoms with van der Waals surface area (Å²) in [5, 5.41) is 2.41. The van der Waals surface area contributed by atoms with Crippen molar-refractivity contribution in [2.75, 3.05) is 17.2 Å². The summed E-state index contributed by atoms with van der Waals surface area (Å²) in [6, 6.07) is 15.9. The highest BCUT2D eigenvalue weighted by molar-refractivity contribution is 7.99. The minimum absolute atomic E-state index is 0.0149. The van der Waals surface area contributed by atoms with Crippen molar-refractivity contribution in [1.29, 1.82) is 0 Å². The van der Waals surface area contributed by atoms with Gasteiger partial charge in [0.2, 0.25) is 5.91 Å². The van der Waals surface area contributed by atoms with Gasteiger partial charge in [0.25, 0.3) is 5.56 Å². The Morgan fingerprint density at radius 1 is 1.09 bits per heavy atom. The molecule has 0 bridgehead atoms. The number of hydrogen-bond donors (Lipinski definition) is 0. The van der Waals surface area contributed by atoms with E-state index in [1.165, 1.54) is 28.7 Å². The Hall–Kier alpha value is -2.90. The number of hydrogen-bond acceptors (Lipinski definition) is 5. The van der Waals surface area contributed by atoms with Crippen molar-refractivity contribution in [3.8, 4) is 5.69 Å². The average Bonchev–Trinajstić information content (AvgIpc) is 3.30. The number of amides is 1. The standard InChI is InChI=1S/C26H27N3O2S2/c1-5-19-10-12-20(13-11-19)28(6-2)23(30)16-33-26-27-21-14-15-32-24(21)25(31)29(26)22-9-7-8-17(3)18(22)4/h7-15H,5-6,16H2,1-4H3. The van der Waals surface area contributed by atoms with E-state index in [0.717, 1.165) is 28.9 Å². The SMILES string of the molecule is CCc1ccc(N(CC)C(=O)CSc2nc3ccsc3c(=O)n2-c2cccc(C)c2C)cc1. The number of fused-ring (bicyclic) bond motifs is 1. The van der Waals surface area contributed by atoms with Crippen LogP contribution in [0.25, 0.3) is 15.9 Å². The zero-order valence-electron chi connectivity index (χ0n) is 19.3. The number of nitrogens with zero attached hydrogens (tertiary/aromatic N) is 3. The van der Waals surface area contributed by atoms with Gasteiger partial charge in [-0.25, -0.2) is 4.98 Å². The van der Waals surface area contributed by atoms with E-state index in [-0.39, 0.29) is 17.2 Å². The fraction of sp³-hybridized carbons (Fsp3) is 0.269. The molecule has 0 unspecified atom stereocenters. The molecule has 0 aliphatic rings. The maximum Gasteiger partial charge on any atom is 0.276 e. The van der Waals surface area contributed by atoms with Gasteiger partial charge in [0.15, 0.2) is 5.16 Å². The number of thiophene rings is 1. The number of thioether (sulfide) groups is 1. The van der Waals surface area contributed by atoms with Crippen molar-refractivity contribution >= 4 is 44.9 Å². The number of aryl methyl sites for hydroxylation is 2. The van der Waals surface area contributed by atoms with Crippen molar-refractivity contribution in [3.05, 3.63) is 81.0 Å². The van der Waals surface area contributed by atoms with E-state index in [1.807, 2.05) is 62.5 Å². The summed E-state index contributed by atoms with van der Waals surface area (Å²) < 4.78 is 2.28. The zero-order chi connectivity index (χ0) is 23.5. The van der Waals surface area contributed by atoms with Crippen LogP contribution in [-0.4, -0.2) is 27.8 Å². The van der Waals surface area contributed by atoms with E-state index in [2.05, 4.69) is 19.1 Å². The third-order valence-corrected chi connectivity index (χ3v) is 7.68. The normalized spacial score (nSPS) is 11.2. The predicted octanol–water partition coefficient (Wildman–Crippen LogP) is 5.77. The van der Waals surface area contributed by atoms with E-state index < -0.39 is 0 Å². The summed E-state index contributed by atoms with van der Waals surface area (Å²) in [4.78, 5) is 33.1. The minimum Gasteiger partial charge on any atom is -0.312 e. The minimum atomic E-state index is -0.0962. The second-order valence-electron chi connectivity index (χ2n) is 7.84. The molecule has 170 valence electrons. The first kappa shape index (κ1) is 23.3. The molecule has 2 aromatic heterocycles. The molecule has 0 saturated heterocycles. The lowest BCUT2D eigenvalue weighted by atomic mass is 10.1. The molecule has 0 aliphatic carbocycles. The average molecular weight is 478 g/mol. The molecule has 0 spiro atoms. The summed E-state index contributed by atoms with van der Waals surface area (Å²) >= 11 is 2.70. The summed E-state index contributed by atoms with van der Waals surface area (Å²) in [6.07, 6.45) is 0.961. The fourth-order valence-electron chi connectivity index (χ4n) is 3.80. The maximum atomic E-state index is 13.4. The largest absolute Gasteiger partial charge is 0.312 e. The highest BCUT2D eigenvalue weighted by Crippen LogP contribution is 2.27. The van der Waals surface area contributed by atoms with Crippen LogP contribution in [0.5, 0.6) is 0 Å². The predicted molar refractivity (Wildman–Crippen MR) is 139 cm³/mol. The molecule has 0 N–H and O–H groups in total. The van der Waals surface area contributed by atoms with Gasteiger partial charge in [-0.15, -0.1) is 11.3 Å². The second kappa shape index (κ2) is 9.93. The van der Waals surface area contributed by atoms with Gasteiger partial charge in [0.05, 0.1) is 17.0 Å². The monoisotopic (exact) mass is 477 g/mol. The van der Waals surface area contributed by atoms with Gasteiger partial charge in [0, 0.05) is 12.2 Å². The quantitative estimate of drug-likeness (QED) is 0.250. The van der Waals surface area contributed by atoms with Crippen LogP contribution in [0.15, 0.2) is 63.9 Å². The Labute approximate surface area is 202 Å². The van der Waals surface area contributed by atoms with Crippen LogP contribution in [0.2, 0.25) is 0 Å². The number of carbonyl (C=O) groups excluding carboxylic acids is 1. The van der Waals surface area contributed by atoms with Crippen molar-refractivity contribution in [3.63, 3.8) is 0 Å². The van der Waals surface area contributed by atoms with E-state index in [1.54, 1.807) is 9.47 Å². The van der Waals surface area contributed by atoms with E-state index in [9.17, 15) is 9.59 Å². The third kappa shape index (κ3) is 4.61. The molecule has 5 nitrogen and oxygen atoms in total. The smallest absolute Gasteiger partial charge is 0.276 e. The lowest BCUT2D eigenvalue weighted by Crippen LogP contribution is -2.32. The van der Waals surface area contributed by atoms with Crippen molar-refractivity contribution < 1.29 is 4.79 Å². The molecule has 4 rings (SSSR count). The highest BCUT2D eigenvalue weighted by atomic mass is 32.2. The van der Waals surface area contributed by atoms with Crippen molar-refractivity contribution in [2.45, 2.75) is 39.3 Å². The summed E-state index contributed by atoms with van der Waals surface area (Å²) in [7, 11) is 0. The summed E-state index contributed by atoms with van der Waals surface area (Å²) in [5.41, 5.74) is 5.63. The Morgan fingerprint density at radius 3 is 2.55 bits per heavy atom. The lowest BCUT2D eigenvalue weighted by Gasteiger charge is -2.21. The molecule has 0 saturated carbocycles. The van der Waals surface area contributed by atoms with Crippen LogP contribution in [0, 0.1) is 13.8 Å². The molecule has 2 aromatic carbocycles. The summed E-state index contributed by atoms with van der Waals surface area (Å²) in [5.74, 6) is 0.176. The number of rotatable bonds is 7. The first-order valence-electron chi connectivity index (χ1n) is 11.0. The highest BCUT2D eigenvalue weighted by Gasteiger charge is 2.20. The first-order valence-corrected chi connectivity index (χ1v) is 12.9. The van der Waals surface area contributed by atoms with Crippen LogP contribution in [0.4, 0.5) is 5.69 Å². The van der Waals surface area contributed by atoms with Gasteiger partial charge in [-0.3, -0.25) is 14.2 Å². The Kier molecular flexibility index (Phi) is 7.00. The molecule has 7 heteroatoms. The van der Waals surface area contributed by atoms with Gasteiger partial charge in [-0.2, -0.15) is 0 Å². The molecule has 0 fully saturated rings. The first-order chi connectivity index (χ1) is 15.9. The van der Waals surface area contributed by atoms with Crippen LogP contribution in [-0.2, 0) is 11.2 Å². The van der Waals surface area contributed by atoms with Gasteiger partial charge in [-0.1, -0.05) is 43.0 Å². The molecule has 33 heavy (non-hydrogen) atoms. The van der Waals surface area contributed by atoms with Crippen molar-refractivity contribution in [1.82, 2.24) is 9.55 Å². The van der Waals surface area contributed by atoms with Gasteiger partial charge in [-0.05, 0) is 73.5 Å². The van der Waals surface area contributed by atoms with Crippen LogP contribution < -0.4 is 10.5 Å². The Bertz CT molecular complexity index is 1360. The molecule has 1 amide bonds. The zero-order valence-corrected chi connectivity index (χ0v) is 20.9. The fourth-order valence-corrected chi connectivity index (χ4v) is 5.44. The molecule has 0 radical (unpaired) electrons.